The molecular formula is C16H12ClN3O2S. The smallest absolute Gasteiger partial charge is 0.266 e. The molecule has 0 aliphatic carbocycles. The molecule has 0 aliphatic heterocycles. The molecule has 1 amide bonds. The third-order valence-corrected chi connectivity index (χ3v) is 4.20. The van der Waals surface area contributed by atoms with Gasteiger partial charge in [-0.15, -0.1) is 0 Å². The van der Waals surface area contributed by atoms with Crippen LogP contribution in [0, 0.1) is 0 Å². The van der Waals surface area contributed by atoms with E-state index in [1.165, 1.54) is 17.6 Å². The van der Waals surface area contributed by atoms with E-state index in [0.29, 0.717) is 10.2 Å². The van der Waals surface area contributed by atoms with Crippen molar-refractivity contribution in [3.63, 3.8) is 0 Å². The van der Waals surface area contributed by atoms with Crippen LogP contribution in [0.1, 0.15) is 5.56 Å². The highest BCUT2D eigenvalue weighted by molar-refractivity contribution is 7.22. The molecule has 0 fully saturated rings. The Morgan fingerprint density at radius 1 is 1.26 bits per heavy atom. The second-order valence-electron chi connectivity index (χ2n) is 4.56. The molecule has 1 N–H and O–H groups in total. The Balaban J connectivity index is 1.52. The van der Waals surface area contributed by atoms with Crippen molar-refractivity contribution in [1.82, 2.24) is 4.98 Å². The van der Waals surface area contributed by atoms with Gasteiger partial charge in [0.1, 0.15) is 0 Å². The highest BCUT2D eigenvalue weighted by atomic mass is 35.5. The number of carbonyl (C=O) groups is 1. The van der Waals surface area contributed by atoms with Crippen LogP contribution in [0.2, 0.25) is 5.02 Å². The van der Waals surface area contributed by atoms with Gasteiger partial charge in [0.2, 0.25) is 0 Å². The number of para-hydroxylation sites is 1. The fraction of sp³-hybridized carbons (Fsp3) is 0.0625. The van der Waals surface area contributed by atoms with Gasteiger partial charge in [0.15, 0.2) is 11.7 Å². The monoisotopic (exact) mass is 345 g/mol. The number of oxime groups is 1. The maximum Gasteiger partial charge on any atom is 0.266 e. The zero-order valence-corrected chi connectivity index (χ0v) is 13.5. The van der Waals surface area contributed by atoms with E-state index in [0.717, 1.165) is 15.8 Å². The summed E-state index contributed by atoms with van der Waals surface area (Å²) in [5.74, 6) is -0.319. The van der Waals surface area contributed by atoms with Crippen molar-refractivity contribution in [3.8, 4) is 0 Å². The molecule has 0 radical (unpaired) electrons. The fourth-order valence-electron chi connectivity index (χ4n) is 1.85. The molecule has 7 heteroatoms. The Kier molecular flexibility index (Phi) is 4.85. The Morgan fingerprint density at radius 3 is 2.87 bits per heavy atom. The minimum absolute atomic E-state index is 0.198. The SMILES string of the molecule is O=C(CON=Cc1ccccc1Cl)Nc1nc2ccccc2s1. The number of hydrogen-bond donors (Lipinski definition) is 1. The van der Waals surface area contributed by atoms with Gasteiger partial charge >= 0.3 is 0 Å². The topological polar surface area (TPSA) is 63.6 Å². The van der Waals surface area contributed by atoms with Gasteiger partial charge in [0.05, 0.1) is 16.4 Å². The number of aromatic nitrogens is 1. The lowest BCUT2D eigenvalue weighted by atomic mass is 10.2. The molecule has 0 saturated heterocycles. The van der Waals surface area contributed by atoms with Crippen LogP contribution in [-0.4, -0.2) is 23.7 Å². The van der Waals surface area contributed by atoms with E-state index >= 15 is 0 Å². The Bertz CT molecular complexity index is 830. The van der Waals surface area contributed by atoms with Crippen molar-refractivity contribution in [1.29, 1.82) is 0 Å². The molecule has 0 atom stereocenters. The van der Waals surface area contributed by atoms with Crippen molar-refractivity contribution in [2.45, 2.75) is 0 Å². The lowest BCUT2D eigenvalue weighted by Gasteiger charge is -2.00. The van der Waals surface area contributed by atoms with Crippen LogP contribution in [0.3, 0.4) is 0 Å². The molecule has 0 aliphatic rings. The van der Waals surface area contributed by atoms with Gasteiger partial charge in [-0.2, -0.15) is 0 Å². The average molecular weight is 346 g/mol. The third-order valence-electron chi connectivity index (χ3n) is 2.91. The van der Waals surface area contributed by atoms with Crippen LogP contribution >= 0.6 is 22.9 Å². The van der Waals surface area contributed by atoms with Gasteiger partial charge in [-0.05, 0) is 18.2 Å². The largest absolute Gasteiger partial charge is 0.386 e. The summed E-state index contributed by atoms with van der Waals surface area (Å²) in [6.07, 6.45) is 1.47. The predicted molar refractivity (Wildman–Crippen MR) is 93.2 cm³/mol. The summed E-state index contributed by atoms with van der Waals surface area (Å²) in [6.45, 7) is -0.198. The van der Waals surface area contributed by atoms with Gasteiger partial charge < -0.3 is 4.84 Å². The summed E-state index contributed by atoms with van der Waals surface area (Å²) in [6, 6.07) is 14.9. The van der Waals surface area contributed by atoms with E-state index in [2.05, 4.69) is 15.5 Å². The van der Waals surface area contributed by atoms with Crippen LogP contribution in [0.15, 0.2) is 53.7 Å². The first-order valence-electron chi connectivity index (χ1n) is 6.77. The summed E-state index contributed by atoms with van der Waals surface area (Å²) >= 11 is 7.39. The van der Waals surface area contributed by atoms with Gasteiger partial charge in [-0.3, -0.25) is 10.1 Å². The summed E-state index contributed by atoms with van der Waals surface area (Å²) in [4.78, 5) is 21.1. The number of hydrogen-bond acceptors (Lipinski definition) is 5. The van der Waals surface area contributed by atoms with Crippen molar-refractivity contribution in [2.75, 3.05) is 11.9 Å². The van der Waals surface area contributed by atoms with E-state index in [4.69, 9.17) is 16.4 Å². The number of fused-ring (bicyclic) bond motifs is 1. The molecule has 1 heterocycles. The maximum atomic E-state index is 11.8. The number of benzene rings is 2. The standard InChI is InChI=1S/C16H12ClN3O2S/c17-12-6-2-1-5-11(12)9-18-22-10-15(21)20-16-19-13-7-3-4-8-14(13)23-16/h1-9H,10H2,(H,19,20,21). The first-order chi connectivity index (χ1) is 11.2. The number of halogens is 1. The molecule has 0 saturated carbocycles. The summed E-state index contributed by atoms with van der Waals surface area (Å²) in [5.41, 5.74) is 1.58. The van der Waals surface area contributed by atoms with E-state index < -0.39 is 0 Å². The molecule has 5 nitrogen and oxygen atoms in total. The first-order valence-corrected chi connectivity index (χ1v) is 7.97. The predicted octanol–water partition coefficient (Wildman–Crippen LogP) is 3.94. The molecule has 2 aromatic carbocycles. The van der Waals surface area contributed by atoms with Crippen LogP contribution < -0.4 is 5.32 Å². The number of amides is 1. The van der Waals surface area contributed by atoms with Gasteiger partial charge in [0, 0.05) is 10.6 Å². The van der Waals surface area contributed by atoms with Gasteiger partial charge in [-0.1, -0.05) is 58.4 Å². The second kappa shape index (κ2) is 7.21. The Morgan fingerprint density at radius 2 is 2.04 bits per heavy atom. The molecule has 0 bridgehead atoms. The van der Waals surface area contributed by atoms with Crippen LogP contribution in [0.4, 0.5) is 5.13 Å². The van der Waals surface area contributed by atoms with Crippen molar-refractivity contribution >= 4 is 50.4 Å². The molecule has 23 heavy (non-hydrogen) atoms. The summed E-state index contributed by atoms with van der Waals surface area (Å²) in [5, 5.41) is 7.53. The summed E-state index contributed by atoms with van der Waals surface area (Å²) in [7, 11) is 0. The quantitative estimate of drug-likeness (QED) is 0.562. The number of rotatable bonds is 5. The molecular weight excluding hydrogens is 334 g/mol. The highest BCUT2D eigenvalue weighted by Gasteiger charge is 2.07. The minimum atomic E-state index is -0.319. The normalized spacial score (nSPS) is 11.0. The zero-order valence-electron chi connectivity index (χ0n) is 11.9. The van der Waals surface area contributed by atoms with Gasteiger partial charge in [-0.25, -0.2) is 4.98 Å². The third kappa shape index (κ3) is 4.06. The lowest BCUT2D eigenvalue weighted by molar-refractivity contribution is -0.120. The molecule has 0 spiro atoms. The number of nitrogens with zero attached hydrogens (tertiary/aromatic N) is 2. The summed E-state index contributed by atoms with van der Waals surface area (Å²) < 4.78 is 1.01. The van der Waals surface area contributed by atoms with Crippen molar-refractivity contribution in [3.05, 3.63) is 59.1 Å². The van der Waals surface area contributed by atoms with Crippen molar-refractivity contribution < 1.29 is 9.63 Å². The molecule has 116 valence electrons. The number of carbonyl (C=O) groups excluding carboxylic acids is 1. The van der Waals surface area contributed by atoms with E-state index in [1.807, 2.05) is 36.4 Å². The van der Waals surface area contributed by atoms with Crippen LogP contribution in [-0.2, 0) is 9.63 Å². The Hall–Kier alpha value is -2.44. The van der Waals surface area contributed by atoms with E-state index in [-0.39, 0.29) is 12.5 Å². The van der Waals surface area contributed by atoms with Gasteiger partial charge in [0.25, 0.3) is 5.91 Å². The van der Waals surface area contributed by atoms with E-state index in [9.17, 15) is 4.79 Å². The zero-order chi connectivity index (χ0) is 16.1. The average Bonchev–Trinajstić information content (AvgIpc) is 2.95. The highest BCUT2D eigenvalue weighted by Crippen LogP contribution is 2.25. The number of nitrogens with one attached hydrogen (secondary N) is 1. The number of anilines is 1. The lowest BCUT2D eigenvalue weighted by Crippen LogP contribution is -2.16. The fourth-order valence-corrected chi connectivity index (χ4v) is 2.92. The maximum absolute atomic E-state index is 11.8. The number of thiazole rings is 1. The second-order valence-corrected chi connectivity index (χ2v) is 6.00. The molecule has 3 rings (SSSR count). The van der Waals surface area contributed by atoms with Crippen molar-refractivity contribution in [2.24, 2.45) is 5.16 Å². The molecule has 1 aromatic heterocycles. The first kappa shape index (κ1) is 15.5. The molecule has 3 aromatic rings. The van der Waals surface area contributed by atoms with Crippen LogP contribution in [0.5, 0.6) is 0 Å². The van der Waals surface area contributed by atoms with Crippen LogP contribution in [0.25, 0.3) is 10.2 Å². The van der Waals surface area contributed by atoms with E-state index in [1.54, 1.807) is 12.1 Å². The Labute approximate surface area is 141 Å². The minimum Gasteiger partial charge on any atom is -0.386 e. The molecule has 0 unspecified atom stereocenters.